The van der Waals surface area contributed by atoms with E-state index in [4.69, 9.17) is 0 Å². The minimum absolute atomic E-state index is 0.603. The van der Waals surface area contributed by atoms with Crippen molar-refractivity contribution in [3.8, 4) is 34.6 Å². The fourth-order valence-corrected chi connectivity index (χ4v) is 6.43. The fraction of sp³-hybridized carbons (Fsp3) is 0. The van der Waals surface area contributed by atoms with Crippen molar-refractivity contribution >= 4 is 43.6 Å². The number of fused-ring (bicyclic) bond motifs is 6. The van der Waals surface area contributed by atoms with Crippen LogP contribution in [0.25, 0.3) is 66.1 Å². The molecule has 42 heavy (non-hydrogen) atoms. The van der Waals surface area contributed by atoms with E-state index in [0.717, 1.165) is 55.3 Å². The van der Waals surface area contributed by atoms with Crippen LogP contribution in [0.15, 0.2) is 133 Å². The van der Waals surface area contributed by atoms with Crippen LogP contribution in [-0.2, 0) is 0 Å². The second kappa shape index (κ2) is 9.24. The summed E-state index contributed by atoms with van der Waals surface area (Å²) in [4.78, 5) is 0. The van der Waals surface area contributed by atoms with Crippen LogP contribution in [0, 0.1) is 22.7 Å². The maximum Gasteiger partial charge on any atom is 0.0998 e. The molecular weight excluding hydrogens is 512 g/mol. The van der Waals surface area contributed by atoms with E-state index in [1.54, 1.807) is 0 Å². The molecule has 0 aliphatic carbocycles. The lowest BCUT2D eigenvalue weighted by atomic mass is 9.97. The maximum atomic E-state index is 10.3. The van der Waals surface area contributed by atoms with E-state index in [-0.39, 0.29) is 0 Å². The van der Waals surface area contributed by atoms with Gasteiger partial charge in [-0.1, -0.05) is 72.8 Å². The number of hydrogen-bond acceptors (Lipinski definition) is 2. The number of aromatic nitrogens is 2. The quantitative estimate of drug-likeness (QED) is 0.227. The molecule has 2 aromatic heterocycles. The summed E-state index contributed by atoms with van der Waals surface area (Å²) >= 11 is 0. The van der Waals surface area contributed by atoms with Crippen molar-refractivity contribution in [3.63, 3.8) is 0 Å². The van der Waals surface area contributed by atoms with Gasteiger partial charge in [0.1, 0.15) is 0 Å². The summed E-state index contributed by atoms with van der Waals surface area (Å²) in [5, 5.41) is 24.4. The third-order valence-electron chi connectivity index (χ3n) is 8.18. The van der Waals surface area contributed by atoms with E-state index in [1.807, 2.05) is 42.5 Å². The molecular formula is C38H22N4. The Morgan fingerprint density at radius 1 is 0.452 bits per heavy atom. The van der Waals surface area contributed by atoms with Gasteiger partial charge in [0, 0.05) is 32.8 Å². The van der Waals surface area contributed by atoms with Gasteiger partial charge < -0.3 is 9.13 Å². The standard InChI is InChI=1S/C38H22N4/c39-23-25-19-20-36-32(21-25)31-14-3-6-17-35(31)42(36)37-18-8-10-27(24-40)38(37)26-9-7-11-28(22-26)41-33-15-4-1-12-29(33)30-13-2-5-16-34(30)41/h1-22H. The summed E-state index contributed by atoms with van der Waals surface area (Å²) in [5.74, 6) is 0. The number of nitrogens with zero attached hydrogens (tertiary/aromatic N) is 4. The van der Waals surface area contributed by atoms with Crippen molar-refractivity contribution in [2.75, 3.05) is 0 Å². The summed E-state index contributed by atoms with van der Waals surface area (Å²) in [6.45, 7) is 0. The van der Waals surface area contributed by atoms with Crippen LogP contribution < -0.4 is 0 Å². The van der Waals surface area contributed by atoms with E-state index in [2.05, 4.69) is 112 Å². The molecule has 8 rings (SSSR count). The average Bonchev–Trinajstić information content (AvgIpc) is 3.57. The number of benzene rings is 6. The summed E-state index contributed by atoms with van der Waals surface area (Å²) in [7, 11) is 0. The van der Waals surface area contributed by atoms with Gasteiger partial charge in [-0.2, -0.15) is 10.5 Å². The van der Waals surface area contributed by atoms with Gasteiger partial charge in [0.15, 0.2) is 0 Å². The summed E-state index contributed by atoms with van der Waals surface area (Å²) in [6.07, 6.45) is 0. The van der Waals surface area contributed by atoms with Crippen molar-refractivity contribution in [1.82, 2.24) is 9.13 Å². The molecule has 0 unspecified atom stereocenters. The van der Waals surface area contributed by atoms with Gasteiger partial charge in [-0.15, -0.1) is 0 Å². The Balaban J connectivity index is 1.43. The fourth-order valence-electron chi connectivity index (χ4n) is 6.43. The number of rotatable bonds is 3. The molecule has 0 spiro atoms. The van der Waals surface area contributed by atoms with Gasteiger partial charge >= 0.3 is 0 Å². The molecule has 0 radical (unpaired) electrons. The second-order valence-corrected chi connectivity index (χ2v) is 10.4. The second-order valence-electron chi connectivity index (χ2n) is 10.4. The first-order valence-corrected chi connectivity index (χ1v) is 13.8. The van der Waals surface area contributed by atoms with Crippen LogP contribution in [0.3, 0.4) is 0 Å². The van der Waals surface area contributed by atoms with Crippen molar-refractivity contribution in [2.45, 2.75) is 0 Å². The van der Waals surface area contributed by atoms with Gasteiger partial charge in [-0.05, 0) is 66.2 Å². The number of hydrogen-bond donors (Lipinski definition) is 0. The zero-order valence-electron chi connectivity index (χ0n) is 22.5. The first-order valence-electron chi connectivity index (χ1n) is 13.8. The molecule has 0 aliphatic heterocycles. The smallest absolute Gasteiger partial charge is 0.0998 e. The van der Waals surface area contributed by atoms with Crippen LogP contribution in [0.1, 0.15) is 11.1 Å². The van der Waals surface area contributed by atoms with Gasteiger partial charge in [-0.3, -0.25) is 0 Å². The lowest BCUT2D eigenvalue weighted by Gasteiger charge is -2.17. The van der Waals surface area contributed by atoms with Crippen molar-refractivity contribution in [1.29, 1.82) is 10.5 Å². The normalized spacial score (nSPS) is 11.3. The zero-order chi connectivity index (χ0) is 28.2. The van der Waals surface area contributed by atoms with Crippen molar-refractivity contribution < 1.29 is 0 Å². The third-order valence-corrected chi connectivity index (χ3v) is 8.18. The van der Waals surface area contributed by atoms with Crippen molar-refractivity contribution in [2.24, 2.45) is 0 Å². The molecule has 0 fully saturated rings. The molecule has 4 heteroatoms. The Morgan fingerprint density at radius 3 is 1.71 bits per heavy atom. The van der Waals surface area contributed by atoms with Crippen LogP contribution in [-0.4, -0.2) is 9.13 Å². The largest absolute Gasteiger partial charge is 0.309 e. The molecule has 0 atom stereocenters. The highest BCUT2D eigenvalue weighted by Gasteiger charge is 2.19. The Hall–Kier alpha value is -6.10. The molecule has 0 saturated heterocycles. The molecule has 8 aromatic rings. The SMILES string of the molecule is N#Cc1ccc2c(c1)c1ccccc1n2-c1cccc(C#N)c1-c1cccc(-n2c3ccccc3c3ccccc32)c1. The Bertz CT molecular complexity index is 2390. The Morgan fingerprint density at radius 2 is 1.05 bits per heavy atom. The predicted molar refractivity (Wildman–Crippen MR) is 170 cm³/mol. The topological polar surface area (TPSA) is 57.4 Å². The Kier molecular flexibility index (Phi) is 5.22. The predicted octanol–water partition coefficient (Wildman–Crippen LogP) is 9.29. The average molecular weight is 535 g/mol. The molecule has 2 heterocycles. The highest BCUT2D eigenvalue weighted by atomic mass is 15.0. The van der Waals surface area contributed by atoms with Crippen LogP contribution >= 0.6 is 0 Å². The Labute approximate surface area is 242 Å². The maximum absolute atomic E-state index is 10.3. The number of para-hydroxylation sites is 3. The van der Waals surface area contributed by atoms with E-state index in [0.29, 0.717) is 11.1 Å². The minimum Gasteiger partial charge on any atom is -0.309 e. The first kappa shape index (κ1) is 23.8. The third kappa shape index (κ3) is 3.40. The lowest BCUT2D eigenvalue weighted by molar-refractivity contribution is 1.17. The van der Waals surface area contributed by atoms with Gasteiger partial charge in [-0.25, -0.2) is 0 Å². The molecule has 0 N–H and O–H groups in total. The molecule has 0 aliphatic rings. The molecule has 0 bridgehead atoms. The van der Waals surface area contributed by atoms with Gasteiger partial charge in [0.05, 0.1) is 51.0 Å². The van der Waals surface area contributed by atoms with Crippen molar-refractivity contribution in [3.05, 3.63) is 145 Å². The lowest BCUT2D eigenvalue weighted by Crippen LogP contribution is -2.00. The molecule has 6 aromatic carbocycles. The van der Waals surface area contributed by atoms with E-state index < -0.39 is 0 Å². The van der Waals surface area contributed by atoms with Crippen LogP contribution in [0.2, 0.25) is 0 Å². The van der Waals surface area contributed by atoms with Gasteiger partial charge in [0.2, 0.25) is 0 Å². The van der Waals surface area contributed by atoms with Crippen LogP contribution in [0.4, 0.5) is 0 Å². The monoisotopic (exact) mass is 534 g/mol. The summed E-state index contributed by atoms with van der Waals surface area (Å²) in [5.41, 5.74) is 9.30. The number of nitriles is 2. The minimum atomic E-state index is 0.603. The molecule has 4 nitrogen and oxygen atoms in total. The van der Waals surface area contributed by atoms with Gasteiger partial charge in [0.25, 0.3) is 0 Å². The first-order chi connectivity index (χ1) is 20.8. The highest BCUT2D eigenvalue weighted by Crippen LogP contribution is 2.39. The van der Waals surface area contributed by atoms with Crippen LogP contribution in [0.5, 0.6) is 0 Å². The molecule has 194 valence electrons. The highest BCUT2D eigenvalue weighted by molar-refractivity contribution is 6.11. The van der Waals surface area contributed by atoms with E-state index in [9.17, 15) is 10.5 Å². The summed E-state index contributed by atoms with van der Waals surface area (Å²) < 4.78 is 4.52. The summed E-state index contributed by atoms with van der Waals surface area (Å²) in [6, 6.07) is 50.1. The van der Waals surface area contributed by atoms with E-state index >= 15 is 0 Å². The zero-order valence-corrected chi connectivity index (χ0v) is 22.5. The molecule has 0 amide bonds. The molecule has 0 saturated carbocycles. The van der Waals surface area contributed by atoms with E-state index in [1.165, 1.54) is 10.8 Å².